The highest BCUT2D eigenvalue weighted by Gasteiger charge is 2.52. The van der Waals surface area contributed by atoms with Crippen LogP contribution in [-0.2, 0) is 5.41 Å². The molecule has 4 nitrogen and oxygen atoms in total. The van der Waals surface area contributed by atoms with Gasteiger partial charge in [-0.15, -0.1) is 0 Å². The number of hydrogen-bond acceptors (Lipinski definition) is 2. The van der Waals surface area contributed by atoms with E-state index in [1.54, 1.807) is 0 Å². The van der Waals surface area contributed by atoms with Crippen molar-refractivity contribution in [1.29, 1.82) is 0 Å². The summed E-state index contributed by atoms with van der Waals surface area (Å²) in [6, 6.07) is 86.8. The molecule has 1 aliphatic carbocycles. The molecular weight excluding hydrogens is 815 g/mol. The molecule has 0 atom stereocenters. The Balaban J connectivity index is 1.05. The van der Waals surface area contributed by atoms with Gasteiger partial charge in [0.1, 0.15) is 5.58 Å². The lowest BCUT2D eigenvalue weighted by Crippen LogP contribution is -2.36. The third-order valence-electron chi connectivity index (χ3n) is 14.7. The smallest absolute Gasteiger partial charge is 0.213 e. The molecule has 0 fully saturated rings. The Morgan fingerprint density at radius 3 is 1.51 bits per heavy atom. The molecule has 1 aliphatic heterocycles. The number of fused-ring (bicyclic) bond motifs is 17. The lowest BCUT2D eigenvalue weighted by Gasteiger charge is -2.45. The molecular formula is C63H39N3O. The van der Waals surface area contributed by atoms with Gasteiger partial charge in [-0.3, -0.25) is 4.57 Å². The van der Waals surface area contributed by atoms with E-state index in [2.05, 4.69) is 251 Å². The Labute approximate surface area is 386 Å². The third-order valence-corrected chi connectivity index (χ3v) is 14.7. The first kappa shape index (κ1) is 36.5. The Kier molecular flexibility index (Phi) is 7.40. The van der Waals surface area contributed by atoms with Crippen LogP contribution in [0, 0.1) is 0 Å². The number of aromatic nitrogens is 2. The molecule has 0 saturated carbocycles. The summed E-state index contributed by atoms with van der Waals surface area (Å²) in [4.78, 5) is 2.48. The van der Waals surface area contributed by atoms with Crippen molar-refractivity contribution in [1.82, 2.24) is 9.13 Å². The van der Waals surface area contributed by atoms with Crippen molar-refractivity contribution >= 4 is 71.8 Å². The van der Waals surface area contributed by atoms with E-state index in [9.17, 15) is 0 Å². The molecule has 0 bridgehead atoms. The van der Waals surface area contributed by atoms with Crippen molar-refractivity contribution < 1.29 is 4.42 Å². The maximum Gasteiger partial charge on any atom is 0.213 e. The molecule has 1 spiro atoms. The number of nitrogens with zero attached hydrogens (tertiary/aromatic N) is 3. The van der Waals surface area contributed by atoms with Crippen molar-refractivity contribution in [2.45, 2.75) is 5.41 Å². The van der Waals surface area contributed by atoms with Gasteiger partial charge in [0, 0.05) is 44.2 Å². The van der Waals surface area contributed by atoms with Gasteiger partial charge in [-0.2, -0.15) is 0 Å². The quantitative estimate of drug-likeness (QED) is 0.176. The highest BCUT2D eigenvalue weighted by atomic mass is 16.3. The number of hydrogen-bond donors (Lipinski definition) is 0. The second kappa shape index (κ2) is 13.6. The van der Waals surface area contributed by atoms with Crippen LogP contribution in [0.25, 0.3) is 88.4 Å². The topological polar surface area (TPSA) is 26.2 Å². The van der Waals surface area contributed by atoms with Gasteiger partial charge in [0.25, 0.3) is 0 Å². The molecule has 3 aromatic heterocycles. The summed E-state index contributed by atoms with van der Waals surface area (Å²) in [5.41, 5.74) is 19.9. The highest BCUT2D eigenvalue weighted by Crippen LogP contribution is 2.64. The minimum absolute atomic E-state index is 0.671. The molecule has 15 rings (SSSR count). The summed E-state index contributed by atoms with van der Waals surface area (Å²) >= 11 is 0. The van der Waals surface area contributed by atoms with Crippen LogP contribution in [0.1, 0.15) is 22.3 Å². The first-order chi connectivity index (χ1) is 33.3. The van der Waals surface area contributed by atoms with Gasteiger partial charge >= 0.3 is 0 Å². The van der Waals surface area contributed by atoms with Crippen LogP contribution in [0.15, 0.2) is 241 Å². The van der Waals surface area contributed by atoms with E-state index < -0.39 is 5.41 Å². The van der Waals surface area contributed by atoms with Gasteiger partial charge in [-0.25, -0.2) is 0 Å². The number of rotatable bonds is 4. The van der Waals surface area contributed by atoms with Crippen LogP contribution in [0.4, 0.5) is 17.1 Å². The molecule has 0 radical (unpaired) electrons. The maximum atomic E-state index is 7.21. The average molecular weight is 854 g/mol. The Morgan fingerprint density at radius 1 is 0.328 bits per heavy atom. The van der Waals surface area contributed by atoms with Crippen molar-refractivity contribution in [2.75, 3.05) is 4.90 Å². The van der Waals surface area contributed by atoms with Crippen LogP contribution in [-0.4, -0.2) is 9.13 Å². The maximum absolute atomic E-state index is 7.21. The van der Waals surface area contributed by atoms with Crippen LogP contribution in [0.3, 0.4) is 0 Å². The fourth-order valence-corrected chi connectivity index (χ4v) is 12.1. The minimum atomic E-state index is -0.671. The lowest BCUT2D eigenvalue weighted by atomic mass is 9.64. The minimum Gasteiger partial charge on any atom is -0.438 e. The van der Waals surface area contributed by atoms with Crippen LogP contribution in [0.5, 0.6) is 0 Å². The normalized spacial score (nSPS) is 13.5. The van der Waals surface area contributed by atoms with Gasteiger partial charge in [0.05, 0.1) is 38.7 Å². The van der Waals surface area contributed by atoms with Crippen LogP contribution < -0.4 is 4.90 Å². The van der Waals surface area contributed by atoms with Crippen molar-refractivity contribution in [3.63, 3.8) is 0 Å². The van der Waals surface area contributed by atoms with E-state index in [-0.39, 0.29) is 0 Å². The number of anilines is 3. The van der Waals surface area contributed by atoms with Crippen LogP contribution >= 0.6 is 0 Å². The van der Waals surface area contributed by atoms with E-state index in [0.717, 1.165) is 67.1 Å². The summed E-state index contributed by atoms with van der Waals surface area (Å²) in [7, 11) is 0. The summed E-state index contributed by atoms with van der Waals surface area (Å²) < 4.78 is 11.9. The number of para-hydroxylation sites is 6. The van der Waals surface area contributed by atoms with Crippen molar-refractivity contribution in [2.24, 2.45) is 0 Å². The molecule has 312 valence electrons. The van der Waals surface area contributed by atoms with Gasteiger partial charge in [0.2, 0.25) is 5.71 Å². The zero-order valence-electron chi connectivity index (χ0n) is 36.3. The third kappa shape index (κ3) is 4.81. The molecule has 4 heterocycles. The Bertz CT molecular complexity index is 4070. The molecule has 0 saturated heterocycles. The highest BCUT2D eigenvalue weighted by molar-refractivity contribution is 6.22. The molecule has 0 amide bonds. The fraction of sp³-hybridized carbons (Fsp3) is 0.0159. The molecule has 10 aromatic carbocycles. The molecule has 67 heavy (non-hydrogen) atoms. The Morgan fingerprint density at radius 2 is 0.836 bits per heavy atom. The number of furan rings is 1. The Hall–Kier alpha value is -8.86. The second-order valence-corrected chi connectivity index (χ2v) is 18.0. The monoisotopic (exact) mass is 853 g/mol. The van der Waals surface area contributed by atoms with Gasteiger partial charge in [-0.05, 0) is 112 Å². The first-order valence-corrected chi connectivity index (χ1v) is 23.1. The molecule has 0 N–H and O–H groups in total. The largest absolute Gasteiger partial charge is 0.438 e. The van der Waals surface area contributed by atoms with E-state index in [0.29, 0.717) is 0 Å². The SMILES string of the molecule is c1ccc(N2c3ccc(-c4cccc5c4oc4c5c5ccccc5n4-c4ccccc4)cc3C3(c4ccccc4-c4ccccc43)c3cc(-n4c5ccccc5c5ccccc54)ccc32)cc1. The molecule has 2 aliphatic rings. The zero-order chi connectivity index (χ0) is 43.8. The van der Waals surface area contributed by atoms with Gasteiger partial charge in [0.15, 0.2) is 0 Å². The van der Waals surface area contributed by atoms with Crippen LogP contribution in [0.2, 0.25) is 0 Å². The summed E-state index contributed by atoms with van der Waals surface area (Å²) in [6.45, 7) is 0. The average Bonchev–Trinajstić information content (AvgIpc) is 4.12. The first-order valence-electron chi connectivity index (χ1n) is 23.1. The summed E-state index contributed by atoms with van der Waals surface area (Å²) in [6.07, 6.45) is 0. The molecule has 13 aromatic rings. The van der Waals surface area contributed by atoms with Crippen molar-refractivity contribution in [3.8, 4) is 33.6 Å². The standard InChI is InChI=1S/C63H39N3O/c1-3-18-41(19-4-1)64-58-36-34-40(44-27-17-28-50-60-49-26-11-16-33-57(49)66(62(60)67-61(44)50)42-20-5-2-6-21-42)38-53(58)63(51-29-12-7-22-45(51)46-23-8-13-30-52(46)63)54-39-43(35-37-59(54)64)65-55-31-14-9-24-47(55)48-25-10-15-32-56(48)65/h1-39H. The summed E-state index contributed by atoms with van der Waals surface area (Å²) in [5.74, 6) is 0. The zero-order valence-corrected chi connectivity index (χ0v) is 36.3. The predicted molar refractivity (Wildman–Crippen MR) is 276 cm³/mol. The van der Waals surface area contributed by atoms with E-state index in [4.69, 9.17) is 4.42 Å². The fourth-order valence-electron chi connectivity index (χ4n) is 12.1. The van der Waals surface area contributed by atoms with Crippen molar-refractivity contribution in [3.05, 3.63) is 259 Å². The van der Waals surface area contributed by atoms with E-state index in [1.165, 1.54) is 60.6 Å². The second-order valence-electron chi connectivity index (χ2n) is 18.0. The van der Waals surface area contributed by atoms with Gasteiger partial charge in [-0.1, -0.05) is 164 Å². The molecule has 4 heteroatoms. The lowest BCUT2D eigenvalue weighted by molar-refractivity contribution is 0.646. The van der Waals surface area contributed by atoms with E-state index >= 15 is 0 Å². The number of benzene rings is 10. The molecule has 0 unspecified atom stereocenters. The van der Waals surface area contributed by atoms with Gasteiger partial charge < -0.3 is 13.9 Å². The predicted octanol–water partition coefficient (Wildman–Crippen LogP) is 16.4. The summed E-state index contributed by atoms with van der Waals surface area (Å²) in [5, 5.41) is 5.91. The van der Waals surface area contributed by atoms with E-state index in [1.807, 2.05) is 0 Å².